The summed E-state index contributed by atoms with van der Waals surface area (Å²) in [5.41, 5.74) is 2.07. The van der Waals surface area contributed by atoms with Crippen LogP contribution in [0.25, 0.3) is 11.6 Å². The fraction of sp³-hybridized carbons (Fsp3) is 0.0833. The highest BCUT2D eigenvalue weighted by Crippen LogP contribution is 2.38. The molecule has 8 heteroatoms. The Bertz CT molecular complexity index is 1290. The van der Waals surface area contributed by atoms with Gasteiger partial charge in [-0.1, -0.05) is 30.3 Å². The zero-order chi connectivity index (χ0) is 22.9. The minimum atomic E-state index is -4.48. The standard InChI is InChI=1S/C24H14F3IN2O2/c25-24(26,27)17-6-7-18-19(23(31)30-21(18)11-17)9-14-5-8-22(20(28)10-14)32-13-16-4-2-1-3-15(16)12-29/h1-11H,13H2,(H,30,31)/b19-9-. The molecule has 0 bridgehead atoms. The van der Waals surface area contributed by atoms with Crippen molar-refractivity contribution in [2.75, 3.05) is 5.32 Å². The molecule has 0 saturated carbocycles. The topological polar surface area (TPSA) is 62.1 Å². The van der Waals surface area contributed by atoms with Crippen molar-refractivity contribution >= 4 is 45.8 Å². The summed E-state index contributed by atoms with van der Waals surface area (Å²) in [5, 5.41) is 11.7. The fourth-order valence-corrected chi connectivity index (χ4v) is 4.01. The molecule has 1 N–H and O–H groups in total. The van der Waals surface area contributed by atoms with E-state index in [4.69, 9.17) is 4.74 Å². The smallest absolute Gasteiger partial charge is 0.416 e. The summed E-state index contributed by atoms with van der Waals surface area (Å²) in [5.74, 6) is 0.161. The van der Waals surface area contributed by atoms with E-state index in [-0.39, 0.29) is 12.3 Å². The maximum Gasteiger partial charge on any atom is 0.416 e. The molecule has 3 aromatic rings. The van der Waals surface area contributed by atoms with Gasteiger partial charge in [0.15, 0.2) is 0 Å². The number of rotatable bonds is 4. The van der Waals surface area contributed by atoms with Gasteiger partial charge in [-0.2, -0.15) is 18.4 Å². The highest BCUT2D eigenvalue weighted by molar-refractivity contribution is 14.1. The molecule has 0 spiro atoms. The van der Waals surface area contributed by atoms with Crippen LogP contribution >= 0.6 is 22.6 Å². The summed E-state index contributed by atoms with van der Waals surface area (Å²) in [4.78, 5) is 12.4. The fourth-order valence-electron chi connectivity index (χ4n) is 3.32. The third-order valence-corrected chi connectivity index (χ3v) is 5.76. The summed E-state index contributed by atoms with van der Waals surface area (Å²) in [6.07, 6.45) is -2.85. The lowest BCUT2D eigenvalue weighted by Gasteiger charge is -2.10. The summed E-state index contributed by atoms with van der Waals surface area (Å²) in [6.45, 7) is 0.234. The Kier molecular flexibility index (Phi) is 5.93. The quantitative estimate of drug-likeness (QED) is 0.311. The lowest BCUT2D eigenvalue weighted by Crippen LogP contribution is -2.06. The second kappa shape index (κ2) is 8.67. The summed E-state index contributed by atoms with van der Waals surface area (Å²) in [6, 6.07) is 17.8. The average molecular weight is 546 g/mol. The minimum Gasteiger partial charge on any atom is -0.488 e. The van der Waals surface area contributed by atoms with Gasteiger partial charge in [0, 0.05) is 22.4 Å². The minimum absolute atomic E-state index is 0.141. The number of anilines is 1. The predicted octanol–water partition coefficient (Wildman–Crippen LogP) is 6.25. The number of halogens is 4. The second-order valence-corrected chi connectivity index (χ2v) is 8.18. The van der Waals surface area contributed by atoms with Crippen LogP contribution in [0.4, 0.5) is 18.9 Å². The Labute approximate surface area is 195 Å². The van der Waals surface area contributed by atoms with Crippen LogP contribution in [0.2, 0.25) is 0 Å². The first-order valence-electron chi connectivity index (χ1n) is 9.41. The normalized spacial score (nSPS) is 14.1. The number of carbonyl (C=O) groups is 1. The van der Waals surface area contributed by atoms with Gasteiger partial charge in [-0.25, -0.2) is 0 Å². The number of benzene rings is 3. The van der Waals surface area contributed by atoms with E-state index in [9.17, 15) is 23.2 Å². The highest BCUT2D eigenvalue weighted by Gasteiger charge is 2.33. The van der Waals surface area contributed by atoms with Crippen molar-refractivity contribution < 1.29 is 22.7 Å². The zero-order valence-electron chi connectivity index (χ0n) is 16.3. The number of hydrogen-bond acceptors (Lipinski definition) is 3. The largest absolute Gasteiger partial charge is 0.488 e. The average Bonchev–Trinajstić information content (AvgIpc) is 3.07. The number of fused-ring (bicyclic) bond motifs is 1. The Morgan fingerprint density at radius 1 is 1.09 bits per heavy atom. The molecule has 160 valence electrons. The molecule has 0 unspecified atom stereocenters. The van der Waals surface area contributed by atoms with Gasteiger partial charge in [0.1, 0.15) is 12.4 Å². The van der Waals surface area contributed by atoms with Crippen LogP contribution in [0.3, 0.4) is 0 Å². The third-order valence-electron chi connectivity index (χ3n) is 4.92. The van der Waals surface area contributed by atoms with Gasteiger partial charge in [-0.15, -0.1) is 0 Å². The number of nitrogens with zero attached hydrogens (tertiary/aromatic N) is 1. The molecule has 0 fully saturated rings. The predicted molar refractivity (Wildman–Crippen MR) is 123 cm³/mol. The van der Waals surface area contributed by atoms with Crippen LogP contribution in [0, 0.1) is 14.9 Å². The van der Waals surface area contributed by atoms with Crippen molar-refractivity contribution in [3.63, 3.8) is 0 Å². The van der Waals surface area contributed by atoms with Gasteiger partial charge in [0.05, 0.1) is 20.8 Å². The van der Waals surface area contributed by atoms with E-state index in [1.807, 2.05) is 18.2 Å². The van der Waals surface area contributed by atoms with E-state index < -0.39 is 17.6 Å². The van der Waals surface area contributed by atoms with E-state index in [1.54, 1.807) is 30.3 Å². The zero-order valence-corrected chi connectivity index (χ0v) is 18.5. The van der Waals surface area contributed by atoms with E-state index in [0.29, 0.717) is 28.0 Å². The van der Waals surface area contributed by atoms with Crippen molar-refractivity contribution in [1.29, 1.82) is 5.26 Å². The summed E-state index contributed by atoms with van der Waals surface area (Å²) in [7, 11) is 0. The summed E-state index contributed by atoms with van der Waals surface area (Å²) < 4.78 is 45.4. The number of amides is 1. The lowest BCUT2D eigenvalue weighted by atomic mass is 10.0. The Morgan fingerprint density at radius 2 is 1.88 bits per heavy atom. The summed E-state index contributed by atoms with van der Waals surface area (Å²) >= 11 is 2.11. The highest BCUT2D eigenvalue weighted by atomic mass is 127. The van der Waals surface area contributed by atoms with Gasteiger partial charge >= 0.3 is 6.18 Å². The monoisotopic (exact) mass is 546 g/mol. The van der Waals surface area contributed by atoms with Crippen LogP contribution < -0.4 is 10.1 Å². The van der Waals surface area contributed by atoms with E-state index in [2.05, 4.69) is 34.0 Å². The van der Waals surface area contributed by atoms with Gasteiger partial charge < -0.3 is 10.1 Å². The molecule has 4 rings (SSSR count). The second-order valence-electron chi connectivity index (χ2n) is 7.02. The maximum absolute atomic E-state index is 12.9. The molecule has 3 aromatic carbocycles. The molecular formula is C24H14F3IN2O2. The van der Waals surface area contributed by atoms with Crippen LogP contribution in [0.1, 0.15) is 27.8 Å². The van der Waals surface area contributed by atoms with E-state index in [1.165, 1.54) is 6.07 Å². The Balaban J connectivity index is 1.56. The molecular weight excluding hydrogens is 532 g/mol. The Hall–Kier alpha value is -3.32. The first kappa shape index (κ1) is 21.9. The molecule has 1 aliphatic rings. The molecule has 0 aliphatic carbocycles. The SMILES string of the molecule is N#Cc1ccccc1COc1ccc(/C=C2\C(=O)Nc3cc(C(F)(F)F)ccc32)cc1I. The Morgan fingerprint density at radius 3 is 2.59 bits per heavy atom. The van der Waals surface area contributed by atoms with E-state index in [0.717, 1.165) is 21.3 Å². The maximum atomic E-state index is 12.9. The van der Waals surface area contributed by atoms with Crippen LogP contribution in [0.5, 0.6) is 5.75 Å². The molecule has 0 radical (unpaired) electrons. The van der Waals surface area contributed by atoms with Crippen molar-refractivity contribution in [2.45, 2.75) is 12.8 Å². The molecule has 1 heterocycles. The van der Waals surface area contributed by atoms with Gasteiger partial charge in [-0.05, 0) is 64.6 Å². The van der Waals surface area contributed by atoms with Crippen LogP contribution in [-0.2, 0) is 17.6 Å². The molecule has 4 nitrogen and oxygen atoms in total. The molecule has 1 aliphatic heterocycles. The number of ether oxygens (including phenoxy) is 1. The number of alkyl halides is 3. The van der Waals surface area contributed by atoms with Crippen LogP contribution in [-0.4, -0.2) is 5.91 Å². The number of carbonyl (C=O) groups excluding carboxylic acids is 1. The van der Waals surface area contributed by atoms with Crippen molar-refractivity contribution in [3.05, 3.63) is 92.1 Å². The molecule has 0 aromatic heterocycles. The first-order chi connectivity index (χ1) is 15.3. The molecule has 0 atom stereocenters. The van der Waals surface area contributed by atoms with E-state index >= 15 is 0 Å². The van der Waals surface area contributed by atoms with Crippen LogP contribution in [0.15, 0.2) is 60.7 Å². The number of nitriles is 1. The van der Waals surface area contributed by atoms with Crippen molar-refractivity contribution in [2.24, 2.45) is 0 Å². The number of hydrogen-bond donors (Lipinski definition) is 1. The first-order valence-corrected chi connectivity index (χ1v) is 10.5. The lowest BCUT2D eigenvalue weighted by molar-refractivity contribution is -0.137. The molecule has 1 amide bonds. The van der Waals surface area contributed by atoms with Gasteiger partial charge in [-0.3, -0.25) is 4.79 Å². The third kappa shape index (κ3) is 4.48. The van der Waals surface area contributed by atoms with Gasteiger partial charge in [0.2, 0.25) is 0 Å². The van der Waals surface area contributed by atoms with Crippen molar-refractivity contribution in [3.8, 4) is 11.8 Å². The number of nitrogens with one attached hydrogen (secondary N) is 1. The molecule has 0 saturated heterocycles. The molecule has 32 heavy (non-hydrogen) atoms. The van der Waals surface area contributed by atoms with Gasteiger partial charge in [0.25, 0.3) is 5.91 Å². The van der Waals surface area contributed by atoms with Crippen molar-refractivity contribution in [1.82, 2.24) is 0 Å².